The van der Waals surface area contributed by atoms with Crippen molar-refractivity contribution in [1.29, 1.82) is 0 Å². The van der Waals surface area contributed by atoms with Crippen LogP contribution in [0.3, 0.4) is 0 Å². The molecule has 3 rings (SSSR count). The van der Waals surface area contributed by atoms with Crippen LogP contribution in [0.4, 0.5) is 11.8 Å². The summed E-state index contributed by atoms with van der Waals surface area (Å²) in [5, 5.41) is 12.0. The van der Waals surface area contributed by atoms with Crippen LogP contribution in [0, 0.1) is 0 Å². The fourth-order valence-corrected chi connectivity index (χ4v) is 2.05. The third-order valence-corrected chi connectivity index (χ3v) is 3.02. The standard InChI is InChI=1S/C12H16N6O2/c19-6-3-15-11-9-10(14-2-1-13-9)16-12(17-11)18-4-7-20-8-5-18/h1-2,19H,3-8H2,(H,14,15,16,17). The van der Waals surface area contributed by atoms with E-state index in [1.165, 1.54) is 0 Å². The van der Waals surface area contributed by atoms with Gasteiger partial charge in [0.05, 0.1) is 19.8 Å². The monoisotopic (exact) mass is 276 g/mol. The average Bonchev–Trinajstić information content (AvgIpc) is 2.53. The minimum Gasteiger partial charge on any atom is -0.395 e. The first kappa shape index (κ1) is 12.9. The molecule has 2 aromatic heterocycles. The highest BCUT2D eigenvalue weighted by Gasteiger charge is 2.17. The maximum absolute atomic E-state index is 8.95. The zero-order chi connectivity index (χ0) is 13.8. The minimum absolute atomic E-state index is 0.0264. The van der Waals surface area contributed by atoms with Crippen LogP contribution in [0.5, 0.6) is 0 Å². The van der Waals surface area contributed by atoms with Crippen LogP contribution in [0.2, 0.25) is 0 Å². The number of anilines is 2. The molecule has 0 saturated carbocycles. The van der Waals surface area contributed by atoms with Crippen molar-refractivity contribution in [3.8, 4) is 0 Å². The van der Waals surface area contributed by atoms with Crippen molar-refractivity contribution in [2.75, 3.05) is 49.7 Å². The lowest BCUT2D eigenvalue weighted by atomic mass is 10.4. The van der Waals surface area contributed by atoms with Crippen molar-refractivity contribution in [1.82, 2.24) is 19.9 Å². The van der Waals surface area contributed by atoms with Crippen LogP contribution < -0.4 is 10.2 Å². The van der Waals surface area contributed by atoms with Gasteiger partial charge in [-0.25, -0.2) is 9.97 Å². The number of nitrogens with zero attached hydrogens (tertiary/aromatic N) is 5. The van der Waals surface area contributed by atoms with Gasteiger partial charge in [0, 0.05) is 32.0 Å². The first-order valence-corrected chi connectivity index (χ1v) is 6.54. The van der Waals surface area contributed by atoms with E-state index in [-0.39, 0.29) is 6.61 Å². The summed E-state index contributed by atoms with van der Waals surface area (Å²) in [6, 6.07) is 0. The van der Waals surface area contributed by atoms with Crippen LogP contribution in [0.1, 0.15) is 0 Å². The van der Waals surface area contributed by atoms with Gasteiger partial charge in [-0.1, -0.05) is 0 Å². The summed E-state index contributed by atoms with van der Waals surface area (Å²) >= 11 is 0. The first-order valence-electron chi connectivity index (χ1n) is 6.54. The molecule has 0 atom stereocenters. The summed E-state index contributed by atoms with van der Waals surface area (Å²) < 4.78 is 5.33. The molecule has 2 N–H and O–H groups in total. The Labute approximate surface area is 115 Å². The second-order valence-corrected chi connectivity index (χ2v) is 4.35. The molecule has 2 aromatic rings. The molecule has 0 aliphatic carbocycles. The quantitative estimate of drug-likeness (QED) is 0.783. The molecular weight excluding hydrogens is 260 g/mol. The molecule has 8 heteroatoms. The Balaban J connectivity index is 1.99. The summed E-state index contributed by atoms with van der Waals surface area (Å²) in [6.07, 6.45) is 3.21. The largest absolute Gasteiger partial charge is 0.395 e. The van der Waals surface area contributed by atoms with Gasteiger partial charge in [0.1, 0.15) is 0 Å². The van der Waals surface area contributed by atoms with E-state index in [2.05, 4.69) is 30.2 Å². The molecule has 0 spiro atoms. The topological polar surface area (TPSA) is 96.3 Å². The predicted octanol–water partition coefficient (Wildman–Crippen LogP) is -0.339. The maximum atomic E-state index is 8.95. The van der Waals surface area contributed by atoms with Crippen LogP contribution >= 0.6 is 0 Å². The highest BCUT2D eigenvalue weighted by atomic mass is 16.5. The third kappa shape index (κ3) is 2.61. The number of aliphatic hydroxyl groups excluding tert-OH is 1. The van der Waals surface area contributed by atoms with Gasteiger partial charge in [0.15, 0.2) is 17.0 Å². The molecule has 0 unspecified atom stereocenters. The lowest BCUT2D eigenvalue weighted by Crippen LogP contribution is -2.37. The van der Waals surface area contributed by atoms with Crippen molar-refractivity contribution in [3.05, 3.63) is 12.4 Å². The average molecular weight is 276 g/mol. The summed E-state index contributed by atoms with van der Waals surface area (Å²) in [5.41, 5.74) is 1.15. The van der Waals surface area contributed by atoms with E-state index in [4.69, 9.17) is 9.84 Å². The number of hydrogen-bond donors (Lipinski definition) is 2. The zero-order valence-corrected chi connectivity index (χ0v) is 11.0. The van der Waals surface area contributed by atoms with Crippen molar-refractivity contribution in [2.45, 2.75) is 0 Å². The molecule has 0 aromatic carbocycles. The second kappa shape index (κ2) is 5.93. The van der Waals surface area contributed by atoms with E-state index in [1.54, 1.807) is 12.4 Å². The lowest BCUT2D eigenvalue weighted by molar-refractivity contribution is 0.122. The van der Waals surface area contributed by atoms with Crippen molar-refractivity contribution >= 4 is 22.9 Å². The van der Waals surface area contributed by atoms with Gasteiger partial charge in [-0.3, -0.25) is 0 Å². The van der Waals surface area contributed by atoms with E-state index in [0.717, 1.165) is 13.1 Å². The van der Waals surface area contributed by atoms with Crippen molar-refractivity contribution in [2.24, 2.45) is 0 Å². The number of morpholine rings is 1. The number of rotatable bonds is 4. The van der Waals surface area contributed by atoms with Crippen LogP contribution in [-0.4, -0.2) is 64.5 Å². The molecular formula is C12H16N6O2. The zero-order valence-electron chi connectivity index (χ0n) is 11.0. The van der Waals surface area contributed by atoms with Crippen LogP contribution in [-0.2, 0) is 4.74 Å². The minimum atomic E-state index is 0.0264. The number of nitrogens with one attached hydrogen (secondary N) is 1. The van der Waals surface area contributed by atoms with Crippen molar-refractivity contribution in [3.63, 3.8) is 0 Å². The Bertz CT molecular complexity index is 587. The van der Waals surface area contributed by atoms with Crippen LogP contribution in [0.15, 0.2) is 12.4 Å². The number of aliphatic hydroxyl groups is 1. The predicted molar refractivity (Wildman–Crippen MR) is 73.7 cm³/mol. The summed E-state index contributed by atoms with van der Waals surface area (Å²) in [5.74, 6) is 1.21. The van der Waals surface area contributed by atoms with Gasteiger partial charge in [0.2, 0.25) is 5.95 Å². The summed E-state index contributed by atoms with van der Waals surface area (Å²) in [6.45, 7) is 3.28. The van der Waals surface area contributed by atoms with E-state index in [9.17, 15) is 0 Å². The van der Waals surface area contributed by atoms with Gasteiger partial charge < -0.3 is 20.1 Å². The molecule has 1 saturated heterocycles. The molecule has 8 nitrogen and oxygen atoms in total. The van der Waals surface area contributed by atoms with Gasteiger partial charge in [0.25, 0.3) is 0 Å². The summed E-state index contributed by atoms with van der Waals surface area (Å²) in [4.78, 5) is 19.5. The molecule has 1 aliphatic heterocycles. The smallest absolute Gasteiger partial charge is 0.229 e. The first-order chi connectivity index (χ1) is 9.88. The highest BCUT2D eigenvalue weighted by molar-refractivity contribution is 5.83. The summed E-state index contributed by atoms with van der Waals surface area (Å²) in [7, 11) is 0. The molecule has 1 fully saturated rings. The SMILES string of the molecule is OCCNc1nc(N2CCOCC2)nc2nccnc12. The molecule has 1 aliphatic rings. The molecule has 106 valence electrons. The normalized spacial score (nSPS) is 15.6. The van der Waals surface area contributed by atoms with Gasteiger partial charge in [-0.05, 0) is 0 Å². The molecule has 0 amide bonds. The Morgan fingerprint density at radius 1 is 1.20 bits per heavy atom. The van der Waals surface area contributed by atoms with E-state index in [0.29, 0.717) is 42.7 Å². The van der Waals surface area contributed by atoms with E-state index >= 15 is 0 Å². The molecule has 0 radical (unpaired) electrons. The van der Waals surface area contributed by atoms with Crippen LogP contribution in [0.25, 0.3) is 11.2 Å². The number of ether oxygens (including phenoxy) is 1. The number of fused-ring (bicyclic) bond motifs is 1. The third-order valence-electron chi connectivity index (χ3n) is 3.02. The second-order valence-electron chi connectivity index (χ2n) is 4.35. The molecule has 0 bridgehead atoms. The maximum Gasteiger partial charge on any atom is 0.229 e. The Kier molecular flexibility index (Phi) is 3.84. The van der Waals surface area contributed by atoms with Crippen molar-refractivity contribution < 1.29 is 9.84 Å². The number of aromatic nitrogens is 4. The highest BCUT2D eigenvalue weighted by Crippen LogP contribution is 2.20. The Hall–Kier alpha value is -2.06. The Morgan fingerprint density at radius 3 is 2.80 bits per heavy atom. The van der Waals surface area contributed by atoms with Gasteiger partial charge in [-0.15, -0.1) is 0 Å². The van der Waals surface area contributed by atoms with E-state index in [1.807, 2.05) is 0 Å². The van der Waals surface area contributed by atoms with E-state index < -0.39 is 0 Å². The molecule has 3 heterocycles. The fourth-order valence-electron chi connectivity index (χ4n) is 2.05. The van der Waals surface area contributed by atoms with Gasteiger partial charge in [-0.2, -0.15) is 9.97 Å². The number of hydrogen-bond acceptors (Lipinski definition) is 8. The Morgan fingerprint density at radius 2 is 2.00 bits per heavy atom. The molecule has 20 heavy (non-hydrogen) atoms. The fraction of sp³-hybridized carbons (Fsp3) is 0.500. The lowest BCUT2D eigenvalue weighted by Gasteiger charge is -2.27. The van der Waals surface area contributed by atoms with Gasteiger partial charge >= 0.3 is 0 Å².